The number of amidine groups is 1. The molecule has 1 saturated heterocycles. The number of carboxylic acid groups (broad SMARTS) is 1. The Hall–Kier alpha value is -3.47. The third-order valence-electron chi connectivity index (χ3n) is 5.27. The van der Waals surface area contributed by atoms with Crippen LogP contribution in [0.3, 0.4) is 0 Å². The van der Waals surface area contributed by atoms with Crippen LogP contribution in [0.5, 0.6) is 5.75 Å². The van der Waals surface area contributed by atoms with Crippen molar-refractivity contribution in [3.63, 3.8) is 0 Å². The van der Waals surface area contributed by atoms with Crippen molar-refractivity contribution in [3.05, 3.63) is 46.4 Å². The van der Waals surface area contributed by atoms with Crippen LogP contribution in [0.1, 0.15) is 36.3 Å². The number of hydrogen-bond acceptors (Lipinski definition) is 7. The number of nitrogen functional groups attached to an aromatic ring is 1. The molecule has 1 aromatic carbocycles. The van der Waals surface area contributed by atoms with E-state index >= 15 is 0 Å². The SMILES string of the molecule is N=C(N)c1ccc(OCCCCC(CC(=O)O)(c2nccs2)N2CCNC(=O)C2=O)cc1. The lowest BCUT2D eigenvalue weighted by Gasteiger charge is -2.43. The second kappa shape index (κ2) is 10.2. The van der Waals surface area contributed by atoms with Crippen LogP contribution >= 0.6 is 11.3 Å². The average molecular weight is 460 g/mol. The summed E-state index contributed by atoms with van der Waals surface area (Å²) in [6, 6.07) is 6.86. The number of carbonyl (C=O) groups excluding carboxylic acids is 2. The van der Waals surface area contributed by atoms with E-state index in [0.717, 1.165) is 0 Å². The molecular formula is C21H25N5O5S. The number of piperazine rings is 1. The summed E-state index contributed by atoms with van der Waals surface area (Å²) in [6.07, 6.45) is 2.73. The quantitative estimate of drug-likeness (QED) is 0.171. The second-order valence-corrected chi connectivity index (χ2v) is 8.29. The van der Waals surface area contributed by atoms with E-state index in [0.29, 0.717) is 42.2 Å². The van der Waals surface area contributed by atoms with Gasteiger partial charge in [0.05, 0.1) is 13.0 Å². The maximum atomic E-state index is 12.6. The molecule has 0 spiro atoms. The summed E-state index contributed by atoms with van der Waals surface area (Å²) in [5.74, 6) is -1.93. The van der Waals surface area contributed by atoms with Crippen molar-refractivity contribution in [1.82, 2.24) is 15.2 Å². The average Bonchev–Trinajstić information content (AvgIpc) is 3.30. The fraction of sp³-hybridized carbons (Fsp3) is 0.381. The number of carbonyl (C=O) groups is 3. The number of thiazole rings is 1. The number of aliphatic carboxylic acids is 1. The third kappa shape index (κ3) is 5.22. The number of nitrogens with one attached hydrogen (secondary N) is 2. The summed E-state index contributed by atoms with van der Waals surface area (Å²) in [4.78, 5) is 42.1. The molecule has 1 aliphatic heterocycles. The standard InChI is InChI=1S/C21H25N5O5S/c22-17(23)14-3-5-15(6-4-14)31-11-2-1-7-21(13-16(27)28,20-25-9-12-32-20)26-10-8-24-18(29)19(26)30/h3-6,9,12H,1-2,7-8,10-11,13H2,(H3,22,23)(H,24,29)(H,27,28). The Morgan fingerprint density at radius 1 is 1.31 bits per heavy atom. The number of aromatic nitrogens is 1. The largest absolute Gasteiger partial charge is 0.494 e. The molecule has 2 heterocycles. The van der Waals surface area contributed by atoms with E-state index in [1.165, 1.54) is 16.2 Å². The van der Waals surface area contributed by atoms with Crippen molar-refractivity contribution in [3.8, 4) is 5.75 Å². The normalized spacial score (nSPS) is 15.7. The van der Waals surface area contributed by atoms with Crippen LogP contribution in [0.2, 0.25) is 0 Å². The van der Waals surface area contributed by atoms with E-state index in [-0.39, 0.29) is 25.3 Å². The van der Waals surface area contributed by atoms with E-state index in [9.17, 15) is 19.5 Å². The number of ether oxygens (including phenoxy) is 1. The van der Waals surface area contributed by atoms with Crippen LogP contribution in [0, 0.1) is 5.41 Å². The first-order valence-electron chi connectivity index (χ1n) is 10.1. The molecule has 5 N–H and O–H groups in total. The molecule has 11 heteroatoms. The van der Waals surface area contributed by atoms with E-state index in [2.05, 4.69) is 10.3 Å². The van der Waals surface area contributed by atoms with Crippen molar-refractivity contribution in [1.29, 1.82) is 5.41 Å². The Morgan fingerprint density at radius 3 is 2.69 bits per heavy atom. The van der Waals surface area contributed by atoms with E-state index in [1.54, 1.807) is 35.8 Å². The van der Waals surface area contributed by atoms with Gasteiger partial charge in [-0.15, -0.1) is 11.3 Å². The molecule has 10 nitrogen and oxygen atoms in total. The second-order valence-electron chi connectivity index (χ2n) is 7.40. The molecule has 1 atom stereocenters. The van der Waals surface area contributed by atoms with Crippen LogP contribution < -0.4 is 15.8 Å². The van der Waals surface area contributed by atoms with E-state index < -0.39 is 23.3 Å². The van der Waals surface area contributed by atoms with Gasteiger partial charge in [0.2, 0.25) is 0 Å². The Morgan fingerprint density at radius 2 is 2.06 bits per heavy atom. The van der Waals surface area contributed by atoms with Crippen molar-refractivity contribution >= 4 is 35.0 Å². The first kappa shape index (κ1) is 23.2. The van der Waals surface area contributed by atoms with Crippen LogP contribution in [0.25, 0.3) is 0 Å². The van der Waals surface area contributed by atoms with E-state index in [4.69, 9.17) is 15.9 Å². The number of benzene rings is 1. The monoisotopic (exact) mass is 459 g/mol. The van der Waals surface area contributed by atoms with Crippen LogP contribution in [-0.2, 0) is 19.9 Å². The maximum Gasteiger partial charge on any atom is 0.312 e. The van der Waals surface area contributed by atoms with Gasteiger partial charge in [-0.2, -0.15) is 0 Å². The zero-order chi connectivity index (χ0) is 23.1. The summed E-state index contributed by atoms with van der Waals surface area (Å²) in [6.45, 7) is 0.863. The first-order chi connectivity index (χ1) is 15.3. The number of nitrogens with two attached hydrogens (primary N) is 1. The Balaban J connectivity index is 1.70. The zero-order valence-electron chi connectivity index (χ0n) is 17.4. The predicted molar refractivity (Wildman–Crippen MR) is 118 cm³/mol. The van der Waals surface area contributed by atoms with Gasteiger partial charge in [0.25, 0.3) is 0 Å². The van der Waals surface area contributed by atoms with Gasteiger partial charge in [0.1, 0.15) is 22.1 Å². The highest BCUT2D eigenvalue weighted by molar-refractivity contribution is 7.09. The van der Waals surface area contributed by atoms with Crippen LogP contribution in [0.4, 0.5) is 0 Å². The number of amides is 2. The molecule has 1 aromatic heterocycles. The number of rotatable bonds is 11. The van der Waals surface area contributed by atoms with Crippen molar-refractivity contribution < 1.29 is 24.2 Å². The lowest BCUT2D eigenvalue weighted by molar-refractivity contribution is -0.157. The maximum absolute atomic E-state index is 12.6. The number of nitrogens with zero attached hydrogens (tertiary/aromatic N) is 2. The van der Waals surface area contributed by atoms with Crippen LogP contribution in [0.15, 0.2) is 35.8 Å². The van der Waals surface area contributed by atoms with Gasteiger partial charge in [-0.1, -0.05) is 0 Å². The molecule has 32 heavy (non-hydrogen) atoms. The molecule has 2 amide bonds. The van der Waals surface area contributed by atoms with Gasteiger partial charge in [0, 0.05) is 30.2 Å². The number of carboxylic acids is 1. The van der Waals surface area contributed by atoms with Crippen molar-refractivity contribution in [2.75, 3.05) is 19.7 Å². The molecule has 1 aliphatic rings. The minimum absolute atomic E-state index is 0.0190. The lowest BCUT2D eigenvalue weighted by atomic mass is 9.86. The highest BCUT2D eigenvalue weighted by atomic mass is 32.1. The highest BCUT2D eigenvalue weighted by Crippen LogP contribution is 2.39. The van der Waals surface area contributed by atoms with Crippen LogP contribution in [-0.4, -0.2) is 58.3 Å². The van der Waals surface area contributed by atoms with Gasteiger partial charge < -0.3 is 25.8 Å². The molecule has 2 aromatic rings. The van der Waals surface area contributed by atoms with Gasteiger partial charge in [-0.05, 0) is 43.5 Å². The fourth-order valence-electron chi connectivity index (χ4n) is 3.75. The molecule has 3 rings (SSSR count). The minimum atomic E-state index is -1.20. The van der Waals surface area contributed by atoms with E-state index in [1.807, 2.05) is 0 Å². The number of unbranched alkanes of at least 4 members (excludes halogenated alkanes) is 1. The summed E-state index contributed by atoms with van der Waals surface area (Å²) < 4.78 is 5.73. The zero-order valence-corrected chi connectivity index (χ0v) is 18.2. The predicted octanol–water partition coefficient (Wildman–Crippen LogP) is 1.30. The van der Waals surface area contributed by atoms with Gasteiger partial charge in [-0.3, -0.25) is 19.8 Å². The number of hydrogen-bond donors (Lipinski definition) is 4. The Labute approximate surface area is 188 Å². The minimum Gasteiger partial charge on any atom is -0.494 e. The van der Waals surface area contributed by atoms with Gasteiger partial charge in [0.15, 0.2) is 0 Å². The fourth-order valence-corrected chi connectivity index (χ4v) is 4.63. The van der Waals surface area contributed by atoms with Crippen molar-refractivity contribution in [2.45, 2.75) is 31.2 Å². The summed E-state index contributed by atoms with van der Waals surface area (Å²) in [5, 5.41) is 21.8. The third-order valence-corrected chi connectivity index (χ3v) is 6.24. The molecule has 170 valence electrons. The highest BCUT2D eigenvalue weighted by Gasteiger charge is 2.47. The lowest BCUT2D eigenvalue weighted by Crippen LogP contribution is -2.60. The first-order valence-corrected chi connectivity index (χ1v) is 11.0. The van der Waals surface area contributed by atoms with Gasteiger partial charge >= 0.3 is 17.8 Å². The summed E-state index contributed by atoms with van der Waals surface area (Å²) in [7, 11) is 0. The van der Waals surface area contributed by atoms with Crippen molar-refractivity contribution in [2.24, 2.45) is 5.73 Å². The summed E-state index contributed by atoms with van der Waals surface area (Å²) in [5.41, 5.74) is 4.85. The molecular weight excluding hydrogens is 434 g/mol. The molecule has 1 fully saturated rings. The Bertz CT molecular complexity index is 979. The molecule has 0 bridgehead atoms. The molecule has 0 saturated carbocycles. The molecule has 0 radical (unpaired) electrons. The van der Waals surface area contributed by atoms with Gasteiger partial charge in [-0.25, -0.2) is 4.98 Å². The smallest absolute Gasteiger partial charge is 0.312 e. The molecule has 0 aliphatic carbocycles. The Kier molecular flexibility index (Phi) is 7.41. The topological polar surface area (TPSA) is 159 Å². The summed E-state index contributed by atoms with van der Waals surface area (Å²) >= 11 is 1.27. The molecule has 1 unspecified atom stereocenters.